The Kier molecular flexibility index (Phi) is 2.38. The summed E-state index contributed by atoms with van der Waals surface area (Å²) >= 11 is 0. The van der Waals surface area contributed by atoms with Crippen molar-refractivity contribution in [2.45, 2.75) is 0 Å². The Morgan fingerprint density at radius 3 is 2.36 bits per heavy atom. The van der Waals surface area contributed by atoms with Crippen LogP contribution in [-0.4, -0.2) is 12.8 Å². The molecule has 55 valence electrons. The largest absolute Gasteiger partial charge is 0.429 e. The van der Waals surface area contributed by atoms with Crippen LogP contribution in [0.25, 0.3) is 0 Å². The first-order valence-corrected chi connectivity index (χ1v) is 2.95. The van der Waals surface area contributed by atoms with Gasteiger partial charge in [-0.15, -0.1) is 0 Å². The van der Waals surface area contributed by atoms with Crippen molar-refractivity contribution in [1.82, 2.24) is 0 Å². The van der Waals surface area contributed by atoms with E-state index in [9.17, 15) is 9.59 Å². The molecule has 0 bridgehead atoms. The Bertz CT molecular complexity index is 251. The molecule has 0 unspecified atom stereocenters. The maximum absolute atomic E-state index is 10.0. The van der Waals surface area contributed by atoms with Crippen molar-refractivity contribution in [3.05, 3.63) is 29.8 Å². The molecule has 0 aliphatic rings. The molecule has 0 saturated carbocycles. The Labute approximate surface area is 63.6 Å². The standard InChI is InChI=1S/C8H5O3/c9-5-7-1-3-8(4-2-7)11-6-10/h1-4,6H. The summed E-state index contributed by atoms with van der Waals surface area (Å²) in [6, 6.07) is 6.08. The summed E-state index contributed by atoms with van der Waals surface area (Å²) in [7, 11) is 0. The topological polar surface area (TPSA) is 43.4 Å². The third-order valence-corrected chi connectivity index (χ3v) is 1.16. The fourth-order valence-electron chi connectivity index (χ4n) is 0.657. The van der Waals surface area contributed by atoms with E-state index in [4.69, 9.17) is 0 Å². The molecule has 0 spiro atoms. The zero-order valence-corrected chi connectivity index (χ0v) is 5.61. The minimum absolute atomic E-state index is 0.333. The van der Waals surface area contributed by atoms with E-state index in [1.54, 1.807) is 6.29 Å². The molecule has 3 heteroatoms. The molecular weight excluding hydrogens is 144 g/mol. The van der Waals surface area contributed by atoms with Crippen LogP contribution >= 0.6 is 0 Å². The van der Waals surface area contributed by atoms with E-state index in [1.807, 2.05) is 0 Å². The van der Waals surface area contributed by atoms with E-state index in [0.717, 1.165) is 0 Å². The van der Waals surface area contributed by atoms with Crippen molar-refractivity contribution in [2.24, 2.45) is 0 Å². The number of carbonyl (C=O) groups is 1. The molecule has 1 aromatic carbocycles. The summed E-state index contributed by atoms with van der Waals surface area (Å²) in [6.07, 6.45) is 1.70. The Hall–Kier alpha value is -1.64. The minimum atomic E-state index is 0.333. The molecule has 1 radical (unpaired) electrons. The van der Waals surface area contributed by atoms with Crippen LogP contribution in [0.2, 0.25) is 0 Å². The van der Waals surface area contributed by atoms with E-state index in [1.165, 1.54) is 24.3 Å². The summed E-state index contributed by atoms with van der Waals surface area (Å²) in [5.41, 5.74) is 0.434. The number of rotatable bonds is 3. The molecule has 0 aliphatic heterocycles. The van der Waals surface area contributed by atoms with Crippen LogP contribution in [0.3, 0.4) is 0 Å². The molecule has 1 rings (SSSR count). The lowest BCUT2D eigenvalue weighted by Crippen LogP contribution is -1.88. The average Bonchev–Trinajstić information content (AvgIpc) is 2.07. The van der Waals surface area contributed by atoms with Gasteiger partial charge in [0, 0.05) is 5.56 Å². The van der Waals surface area contributed by atoms with Gasteiger partial charge in [-0.05, 0) is 24.3 Å². The van der Waals surface area contributed by atoms with Gasteiger partial charge in [0.1, 0.15) is 5.75 Å². The molecule has 0 atom stereocenters. The molecule has 0 fully saturated rings. The van der Waals surface area contributed by atoms with Crippen molar-refractivity contribution in [3.63, 3.8) is 0 Å². The van der Waals surface area contributed by atoms with Crippen molar-refractivity contribution in [2.75, 3.05) is 0 Å². The highest BCUT2D eigenvalue weighted by atomic mass is 16.5. The first-order valence-electron chi connectivity index (χ1n) is 2.95. The highest BCUT2D eigenvalue weighted by molar-refractivity contribution is 5.75. The van der Waals surface area contributed by atoms with Gasteiger partial charge in [0.15, 0.2) is 0 Å². The van der Waals surface area contributed by atoms with Gasteiger partial charge in [-0.3, -0.25) is 9.59 Å². The van der Waals surface area contributed by atoms with E-state index >= 15 is 0 Å². The smallest absolute Gasteiger partial charge is 0.298 e. The van der Waals surface area contributed by atoms with Crippen molar-refractivity contribution in [1.29, 1.82) is 0 Å². The third-order valence-electron chi connectivity index (χ3n) is 1.16. The number of ether oxygens (including phenoxy) is 1. The number of benzene rings is 1. The van der Waals surface area contributed by atoms with Gasteiger partial charge in [-0.25, -0.2) is 0 Å². The van der Waals surface area contributed by atoms with E-state index in [-0.39, 0.29) is 0 Å². The molecule has 11 heavy (non-hydrogen) atoms. The number of carbonyl (C=O) groups excluding carboxylic acids is 2. The fourth-order valence-corrected chi connectivity index (χ4v) is 0.657. The van der Waals surface area contributed by atoms with Crippen molar-refractivity contribution < 1.29 is 14.3 Å². The van der Waals surface area contributed by atoms with Crippen LogP contribution in [0.1, 0.15) is 5.56 Å². The van der Waals surface area contributed by atoms with Crippen LogP contribution in [0.4, 0.5) is 0 Å². The molecule has 3 nitrogen and oxygen atoms in total. The first kappa shape index (κ1) is 7.47. The van der Waals surface area contributed by atoms with Crippen LogP contribution < -0.4 is 4.74 Å². The number of hydrogen-bond donors (Lipinski definition) is 0. The second kappa shape index (κ2) is 3.51. The maximum atomic E-state index is 10.0. The monoisotopic (exact) mass is 149 g/mol. The maximum Gasteiger partial charge on any atom is 0.298 e. The van der Waals surface area contributed by atoms with E-state index in [0.29, 0.717) is 17.8 Å². The quantitative estimate of drug-likeness (QED) is 0.593. The van der Waals surface area contributed by atoms with Gasteiger partial charge in [0.25, 0.3) is 6.47 Å². The van der Waals surface area contributed by atoms with Crippen LogP contribution in [0.5, 0.6) is 5.75 Å². The van der Waals surface area contributed by atoms with Crippen molar-refractivity contribution >= 4 is 12.8 Å². The van der Waals surface area contributed by atoms with Crippen LogP contribution in [-0.2, 0) is 9.59 Å². The Morgan fingerprint density at radius 2 is 1.91 bits per heavy atom. The Balaban J connectivity index is 2.81. The van der Waals surface area contributed by atoms with Gasteiger partial charge < -0.3 is 4.74 Å². The zero-order valence-electron chi connectivity index (χ0n) is 5.61. The second-order valence-corrected chi connectivity index (χ2v) is 1.84. The lowest BCUT2D eigenvalue weighted by Gasteiger charge is -1.94. The van der Waals surface area contributed by atoms with E-state index in [2.05, 4.69) is 4.74 Å². The molecule has 0 saturated heterocycles. The first-order chi connectivity index (χ1) is 5.36. The van der Waals surface area contributed by atoms with Gasteiger partial charge in [0.05, 0.1) is 0 Å². The lowest BCUT2D eigenvalue weighted by atomic mass is 10.2. The molecule has 0 amide bonds. The number of hydrogen-bond acceptors (Lipinski definition) is 3. The van der Waals surface area contributed by atoms with Crippen LogP contribution in [0.15, 0.2) is 24.3 Å². The van der Waals surface area contributed by atoms with Crippen LogP contribution in [0, 0.1) is 0 Å². The van der Waals surface area contributed by atoms with Gasteiger partial charge in [-0.2, -0.15) is 0 Å². The van der Waals surface area contributed by atoms with Crippen molar-refractivity contribution in [3.8, 4) is 5.75 Å². The predicted molar refractivity (Wildman–Crippen MR) is 37.9 cm³/mol. The summed E-state index contributed by atoms with van der Waals surface area (Å²) in [5, 5.41) is 0. The Morgan fingerprint density at radius 1 is 1.27 bits per heavy atom. The van der Waals surface area contributed by atoms with Gasteiger partial charge in [-0.1, -0.05) is 0 Å². The second-order valence-electron chi connectivity index (χ2n) is 1.84. The average molecular weight is 149 g/mol. The fraction of sp³-hybridized carbons (Fsp3) is 0. The molecule has 1 aromatic rings. The minimum Gasteiger partial charge on any atom is -0.429 e. The molecule has 0 aliphatic carbocycles. The molecule has 0 aromatic heterocycles. The highest BCUT2D eigenvalue weighted by Gasteiger charge is 1.92. The normalized spacial score (nSPS) is 8.73. The summed E-state index contributed by atoms with van der Waals surface area (Å²) in [5.74, 6) is 0.416. The van der Waals surface area contributed by atoms with Gasteiger partial charge >= 0.3 is 0 Å². The van der Waals surface area contributed by atoms with E-state index < -0.39 is 0 Å². The molecular formula is C8H5O3. The SMILES string of the molecule is O=[C]c1ccc(OC=O)cc1. The highest BCUT2D eigenvalue weighted by Crippen LogP contribution is 2.09. The molecule has 0 heterocycles. The predicted octanol–water partition coefficient (Wildman–Crippen LogP) is 0.680. The summed E-state index contributed by atoms with van der Waals surface area (Å²) in [4.78, 5) is 19.9. The molecule has 0 N–H and O–H groups in total. The zero-order chi connectivity index (χ0) is 8.10. The van der Waals surface area contributed by atoms with Gasteiger partial charge in [0.2, 0.25) is 6.29 Å². The lowest BCUT2D eigenvalue weighted by molar-refractivity contribution is -0.120. The third kappa shape index (κ3) is 1.89. The summed E-state index contributed by atoms with van der Waals surface area (Å²) < 4.78 is 4.49. The summed E-state index contributed by atoms with van der Waals surface area (Å²) in [6.45, 7) is 0.333.